The number of hydrogen-bond donors (Lipinski definition) is 2. The minimum atomic E-state index is 0.351. The first-order chi connectivity index (χ1) is 6.33. The maximum atomic E-state index is 4.03. The molecule has 0 bridgehead atoms. The van der Waals surface area contributed by atoms with Gasteiger partial charge in [-0.1, -0.05) is 18.2 Å². The minimum Gasteiger partial charge on any atom is -0.313 e. The lowest BCUT2D eigenvalue weighted by atomic mass is 10.1. The first-order valence-electron chi connectivity index (χ1n) is 4.42. The molecule has 1 atom stereocenters. The maximum absolute atomic E-state index is 4.03. The molecule has 0 fully saturated rings. The molecule has 0 saturated heterocycles. The van der Waals surface area contributed by atoms with Crippen molar-refractivity contribution in [2.24, 2.45) is 0 Å². The highest BCUT2D eigenvalue weighted by Gasteiger charge is 2.07. The molecule has 68 valence electrons. The molecule has 1 heterocycles. The van der Waals surface area contributed by atoms with Crippen molar-refractivity contribution in [2.75, 3.05) is 7.05 Å². The van der Waals surface area contributed by atoms with Gasteiger partial charge in [-0.25, -0.2) is 0 Å². The third kappa shape index (κ3) is 1.31. The van der Waals surface area contributed by atoms with Crippen molar-refractivity contribution in [3.05, 3.63) is 30.0 Å². The predicted octanol–water partition coefficient (Wildman–Crippen LogP) is 1.84. The number of para-hydroxylation sites is 1. The van der Waals surface area contributed by atoms with Crippen molar-refractivity contribution in [2.45, 2.75) is 13.0 Å². The molecule has 0 aliphatic heterocycles. The Hall–Kier alpha value is -1.35. The third-order valence-electron chi connectivity index (χ3n) is 2.41. The lowest BCUT2D eigenvalue weighted by molar-refractivity contribution is 0.656. The van der Waals surface area contributed by atoms with Crippen LogP contribution in [0, 0.1) is 0 Å². The van der Waals surface area contributed by atoms with Crippen molar-refractivity contribution in [1.82, 2.24) is 15.5 Å². The number of aromatic nitrogens is 2. The smallest absolute Gasteiger partial charge is 0.0697 e. The molecular weight excluding hydrogens is 162 g/mol. The van der Waals surface area contributed by atoms with Gasteiger partial charge in [0.15, 0.2) is 0 Å². The summed E-state index contributed by atoms with van der Waals surface area (Å²) >= 11 is 0. The van der Waals surface area contributed by atoms with Crippen LogP contribution in [-0.2, 0) is 0 Å². The topological polar surface area (TPSA) is 40.7 Å². The summed E-state index contributed by atoms with van der Waals surface area (Å²) in [6.07, 6.45) is 1.85. The number of hydrogen-bond acceptors (Lipinski definition) is 2. The molecule has 1 unspecified atom stereocenters. The predicted molar refractivity (Wildman–Crippen MR) is 53.6 cm³/mol. The van der Waals surface area contributed by atoms with Gasteiger partial charge in [0.2, 0.25) is 0 Å². The highest BCUT2D eigenvalue weighted by molar-refractivity contribution is 5.81. The van der Waals surface area contributed by atoms with Crippen molar-refractivity contribution in [3.8, 4) is 0 Å². The van der Waals surface area contributed by atoms with Gasteiger partial charge in [-0.05, 0) is 19.5 Å². The summed E-state index contributed by atoms with van der Waals surface area (Å²) in [5.74, 6) is 0. The molecular formula is C10H13N3. The summed E-state index contributed by atoms with van der Waals surface area (Å²) in [6.45, 7) is 2.13. The van der Waals surface area contributed by atoms with E-state index in [9.17, 15) is 0 Å². The monoisotopic (exact) mass is 175 g/mol. The number of benzene rings is 1. The zero-order valence-corrected chi connectivity index (χ0v) is 7.83. The zero-order chi connectivity index (χ0) is 9.26. The van der Waals surface area contributed by atoms with Crippen molar-refractivity contribution in [3.63, 3.8) is 0 Å². The van der Waals surface area contributed by atoms with Gasteiger partial charge >= 0.3 is 0 Å². The summed E-state index contributed by atoms with van der Waals surface area (Å²) in [4.78, 5) is 0. The van der Waals surface area contributed by atoms with Crippen LogP contribution < -0.4 is 5.32 Å². The fourth-order valence-corrected chi connectivity index (χ4v) is 1.51. The molecule has 1 aromatic carbocycles. The lowest BCUT2D eigenvalue weighted by Crippen LogP contribution is -2.12. The number of nitrogens with one attached hydrogen (secondary N) is 2. The van der Waals surface area contributed by atoms with Crippen LogP contribution in [0.2, 0.25) is 0 Å². The Morgan fingerprint density at radius 2 is 2.31 bits per heavy atom. The molecule has 0 aliphatic carbocycles. The van der Waals surface area contributed by atoms with Gasteiger partial charge in [-0.15, -0.1) is 0 Å². The molecule has 2 N–H and O–H groups in total. The highest BCUT2D eigenvalue weighted by atomic mass is 15.1. The van der Waals surface area contributed by atoms with E-state index in [0.29, 0.717) is 6.04 Å². The van der Waals surface area contributed by atoms with E-state index in [1.54, 1.807) is 0 Å². The summed E-state index contributed by atoms with van der Waals surface area (Å²) in [5.41, 5.74) is 2.39. The van der Waals surface area contributed by atoms with Gasteiger partial charge in [0.05, 0.1) is 11.7 Å². The molecule has 1 aromatic heterocycles. The molecule has 3 nitrogen and oxygen atoms in total. The van der Waals surface area contributed by atoms with Crippen LogP contribution in [0.5, 0.6) is 0 Å². The van der Waals surface area contributed by atoms with Crippen LogP contribution in [0.1, 0.15) is 18.5 Å². The molecule has 2 aromatic rings. The minimum absolute atomic E-state index is 0.351. The van der Waals surface area contributed by atoms with E-state index in [-0.39, 0.29) is 0 Å². The Balaban J connectivity index is 2.60. The molecule has 2 rings (SSSR count). The molecule has 13 heavy (non-hydrogen) atoms. The molecule has 0 radical (unpaired) electrons. The second-order valence-electron chi connectivity index (χ2n) is 3.19. The second-order valence-corrected chi connectivity index (χ2v) is 3.19. The van der Waals surface area contributed by atoms with Crippen LogP contribution in [0.4, 0.5) is 0 Å². The van der Waals surface area contributed by atoms with Crippen molar-refractivity contribution < 1.29 is 0 Å². The molecule has 0 spiro atoms. The zero-order valence-electron chi connectivity index (χ0n) is 7.83. The van der Waals surface area contributed by atoms with E-state index in [0.717, 1.165) is 5.52 Å². The Morgan fingerprint density at radius 1 is 1.46 bits per heavy atom. The molecule has 0 saturated carbocycles. The van der Waals surface area contributed by atoms with Gasteiger partial charge in [0, 0.05) is 11.4 Å². The fourth-order valence-electron chi connectivity index (χ4n) is 1.51. The van der Waals surface area contributed by atoms with E-state index in [1.807, 2.05) is 13.2 Å². The van der Waals surface area contributed by atoms with Crippen LogP contribution >= 0.6 is 0 Å². The van der Waals surface area contributed by atoms with Crippen LogP contribution in [0.15, 0.2) is 24.4 Å². The van der Waals surface area contributed by atoms with Gasteiger partial charge in [-0.2, -0.15) is 5.10 Å². The van der Waals surface area contributed by atoms with Crippen molar-refractivity contribution >= 4 is 10.9 Å². The fraction of sp³-hybridized carbons (Fsp3) is 0.300. The number of rotatable bonds is 2. The largest absolute Gasteiger partial charge is 0.313 e. The van der Waals surface area contributed by atoms with E-state index >= 15 is 0 Å². The Kier molecular flexibility index (Phi) is 2.02. The Morgan fingerprint density at radius 3 is 3.08 bits per heavy atom. The normalized spacial score (nSPS) is 13.4. The van der Waals surface area contributed by atoms with Gasteiger partial charge < -0.3 is 5.32 Å². The number of nitrogens with zero attached hydrogens (tertiary/aromatic N) is 1. The lowest BCUT2D eigenvalue weighted by Gasteiger charge is -2.10. The first kappa shape index (κ1) is 8.26. The molecule has 0 aliphatic rings. The average molecular weight is 175 g/mol. The molecule has 3 heteroatoms. The third-order valence-corrected chi connectivity index (χ3v) is 2.41. The average Bonchev–Trinajstić information content (AvgIpc) is 2.63. The van der Waals surface area contributed by atoms with E-state index in [2.05, 4.69) is 40.6 Å². The summed E-state index contributed by atoms with van der Waals surface area (Å²) in [7, 11) is 1.96. The summed E-state index contributed by atoms with van der Waals surface area (Å²) in [5, 5.41) is 11.4. The van der Waals surface area contributed by atoms with Crippen LogP contribution in [0.25, 0.3) is 10.9 Å². The van der Waals surface area contributed by atoms with E-state index in [4.69, 9.17) is 0 Å². The summed E-state index contributed by atoms with van der Waals surface area (Å²) in [6, 6.07) is 6.58. The van der Waals surface area contributed by atoms with E-state index in [1.165, 1.54) is 10.9 Å². The van der Waals surface area contributed by atoms with Crippen molar-refractivity contribution in [1.29, 1.82) is 0 Å². The van der Waals surface area contributed by atoms with E-state index < -0.39 is 0 Å². The first-order valence-corrected chi connectivity index (χ1v) is 4.42. The highest BCUT2D eigenvalue weighted by Crippen LogP contribution is 2.21. The molecule has 0 amide bonds. The Labute approximate surface area is 77.2 Å². The van der Waals surface area contributed by atoms with Crippen LogP contribution in [-0.4, -0.2) is 17.2 Å². The standard InChI is InChI=1S/C10H13N3/c1-7(11-2)9-5-3-4-8-6-12-13-10(8)9/h3-7,11H,1-2H3,(H,12,13). The Bertz CT molecular complexity index is 405. The van der Waals surface area contributed by atoms with Gasteiger partial charge in [0.25, 0.3) is 0 Å². The maximum Gasteiger partial charge on any atom is 0.0697 e. The van der Waals surface area contributed by atoms with Crippen LogP contribution in [0.3, 0.4) is 0 Å². The summed E-state index contributed by atoms with van der Waals surface area (Å²) < 4.78 is 0. The quantitative estimate of drug-likeness (QED) is 0.731. The number of H-pyrrole nitrogens is 1. The second kappa shape index (κ2) is 3.18. The SMILES string of the molecule is CNC(C)c1cccc2cn[nH]c12. The van der Waals surface area contributed by atoms with Gasteiger partial charge in [-0.3, -0.25) is 5.10 Å². The number of fused-ring (bicyclic) bond motifs is 1. The number of aromatic amines is 1. The van der Waals surface area contributed by atoms with Gasteiger partial charge in [0.1, 0.15) is 0 Å².